The second-order valence-corrected chi connectivity index (χ2v) is 12.0. The van der Waals surface area contributed by atoms with E-state index in [9.17, 15) is 22.8 Å². The van der Waals surface area contributed by atoms with Gasteiger partial charge in [-0.1, -0.05) is 48.5 Å². The van der Waals surface area contributed by atoms with Gasteiger partial charge < -0.3 is 34.6 Å². The van der Waals surface area contributed by atoms with Gasteiger partial charge in [0.25, 0.3) is 0 Å². The number of rotatable bonds is 8. The average Bonchev–Trinajstić information content (AvgIpc) is 3.46. The van der Waals surface area contributed by atoms with Crippen LogP contribution in [0.1, 0.15) is 22.6 Å². The molecule has 4 aromatic rings. The van der Waals surface area contributed by atoms with Crippen molar-refractivity contribution < 1.29 is 37.0 Å². The molecule has 7 rings (SSSR count). The first kappa shape index (κ1) is 33.2. The van der Waals surface area contributed by atoms with E-state index in [1.165, 1.54) is 6.07 Å². The fourth-order valence-corrected chi connectivity index (χ4v) is 6.37. The molecule has 2 aromatic carbocycles. The molecule has 0 saturated carbocycles. The molecule has 0 radical (unpaired) electrons. The smallest absolute Gasteiger partial charge is 0.417 e. The SMILES string of the molecule is O=C(CNC(=O)OCC1c2ccccc2-c2ccccc21)Nc1cc(C(F)(F)F)c(-c2cc(N3CCOCC3)nc(N3CCOCC3)n2)cn1. The van der Waals surface area contributed by atoms with E-state index in [1.54, 1.807) is 0 Å². The van der Waals surface area contributed by atoms with Crippen LogP contribution in [0.4, 0.5) is 35.5 Å². The molecule has 4 heterocycles. The third kappa shape index (κ3) is 7.19. The van der Waals surface area contributed by atoms with Gasteiger partial charge in [-0.2, -0.15) is 18.2 Å². The number of carbonyl (C=O) groups excluding carboxylic acids is 2. The number of aromatic nitrogens is 3. The molecule has 50 heavy (non-hydrogen) atoms. The summed E-state index contributed by atoms with van der Waals surface area (Å²) in [4.78, 5) is 42.4. The molecule has 0 unspecified atom stereocenters. The zero-order chi connectivity index (χ0) is 34.7. The Morgan fingerprint density at radius 3 is 2.10 bits per heavy atom. The highest BCUT2D eigenvalue weighted by molar-refractivity contribution is 5.93. The van der Waals surface area contributed by atoms with Gasteiger partial charge in [-0.3, -0.25) is 4.79 Å². The lowest BCUT2D eigenvalue weighted by atomic mass is 9.98. The van der Waals surface area contributed by atoms with E-state index < -0.39 is 30.3 Å². The van der Waals surface area contributed by atoms with Gasteiger partial charge in [0.1, 0.15) is 24.8 Å². The third-order valence-corrected chi connectivity index (χ3v) is 8.82. The maximum absolute atomic E-state index is 14.5. The van der Waals surface area contributed by atoms with E-state index in [2.05, 4.69) is 25.6 Å². The summed E-state index contributed by atoms with van der Waals surface area (Å²) in [5.74, 6) is -0.522. The van der Waals surface area contributed by atoms with Crippen molar-refractivity contribution in [1.82, 2.24) is 20.3 Å². The topological polar surface area (TPSA) is 131 Å². The lowest BCUT2D eigenvalue weighted by Crippen LogP contribution is -2.39. The molecular formula is C35H34F3N7O5. The monoisotopic (exact) mass is 689 g/mol. The summed E-state index contributed by atoms with van der Waals surface area (Å²) in [5.41, 5.74) is 2.95. The van der Waals surface area contributed by atoms with Gasteiger partial charge in [0.05, 0.1) is 37.7 Å². The van der Waals surface area contributed by atoms with Gasteiger partial charge >= 0.3 is 12.3 Å². The Morgan fingerprint density at radius 1 is 0.840 bits per heavy atom. The number of hydrogen-bond donors (Lipinski definition) is 2. The Kier molecular flexibility index (Phi) is 9.50. The fraction of sp³-hybridized carbons (Fsp3) is 0.343. The van der Waals surface area contributed by atoms with Gasteiger partial charge in [0, 0.05) is 49.9 Å². The predicted octanol–water partition coefficient (Wildman–Crippen LogP) is 4.71. The number of nitrogens with one attached hydrogen (secondary N) is 2. The molecule has 2 N–H and O–H groups in total. The van der Waals surface area contributed by atoms with Crippen LogP contribution in [0.3, 0.4) is 0 Å². The number of amides is 2. The molecule has 12 nitrogen and oxygen atoms in total. The number of alkyl carbamates (subject to hydrolysis) is 1. The number of alkyl halides is 3. The average molecular weight is 690 g/mol. The standard InChI is InChI=1S/C35H34F3N7O5/c36-35(37,38)28-17-30(39-19-26(28)29-18-31(44-9-13-48-14-10-44)43-33(41-29)45-11-15-49-16-12-45)42-32(46)20-40-34(47)50-21-27-24-7-3-1-5-22(24)23-6-2-4-8-25(23)27/h1-8,17-19,27H,9-16,20-21H2,(H,40,47)(H,39,42,46). The van der Waals surface area contributed by atoms with Gasteiger partial charge in [0.2, 0.25) is 11.9 Å². The second-order valence-electron chi connectivity index (χ2n) is 12.0. The minimum absolute atomic E-state index is 0.0395. The number of benzene rings is 2. The largest absolute Gasteiger partial charge is 0.449 e. The molecule has 2 amide bonds. The van der Waals surface area contributed by atoms with E-state index in [-0.39, 0.29) is 35.5 Å². The number of pyridine rings is 1. The highest BCUT2D eigenvalue weighted by Crippen LogP contribution is 2.44. The minimum atomic E-state index is -4.81. The fourth-order valence-electron chi connectivity index (χ4n) is 6.37. The third-order valence-electron chi connectivity index (χ3n) is 8.82. The van der Waals surface area contributed by atoms with Crippen LogP contribution in [-0.4, -0.2) is 92.7 Å². The van der Waals surface area contributed by atoms with Crippen LogP contribution in [0.25, 0.3) is 22.4 Å². The highest BCUT2D eigenvalue weighted by atomic mass is 19.4. The summed E-state index contributed by atoms with van der Waals surface area (Å²) in [5, 5.41) is 4.70. The summed E-state index contributed by atoms with van der Waals surface area (Å²) < 4.78 is 59.8. The van der Waals surface area contributed by atoms with Crippen LogP contribution < -0.4 is 20.4 Å². The van der Waals surface area contributed by atoms with Crippen molar-refractivity contribution in [2.75, 3.05) is 80.9 Å². The first-order chi connectivity index (χ1) is 24.2. The van der Waals surface area contributed by atoms with Crippen molar-refractivity contribution in [1.29, 1.82) is 0 Å². The highest BCUT2D eigenvalue weighted by Gasteiger charge is 2.36. The number of ether oxygens (including phenoxy) is 3. The zero-order valence-corrected chi connectivity index (χ0v) is 26.9. The Balaban J connectivity index is 1.04. The van der Waals surface area contributed by atoms with Crippen LogP contribution in [-0.2, 0) is 25.2 Å². The summed E-state index contributed by atoms with van der Waals surface area (Å²) >= 11 is 0. The maximum atomic E-state index is 14.5. The normalized spacial score (nSPS) is 16.1. The minimum Gasteiger partial charge on any atom is -0.449 e. The van der Waals surface area contributed by atoms with E-state index >= 15 is 0 Å². The number of carbonyl (C=O) groups is 2. The van der Waals surface area contributed by atoms with Crippen molar-refractivity contribution in [2.45, 2.75) is 12.1 Å². The summed E-state index contributed by atoms with van der Waals surface area (Å²) in [7, 11) is 0. The Hall–Kier alpha value is -5.28. The van der Waals surface area contributed by atoms with Crippen molar-refractivity contribution in [2.24, 2.45) is 0 Å². The van der Waals surface area contributed by atoms with Crippen LogP contribution >= 0.6 is 0 Å². The Labute approximate surface area is 285 Å². The number of hydrogen-bond acceptors (Lipinski definition) is 10. The van der Waals surface area contributed by atoms with Crippen molar-refractivity contribution in [3.05, 3.63) is 83.6 Å². The number of fused-ring (bicyclic) bond motifs is 3. The number of halogens is 3. The Bertz CT molecular complexity index is 1800. The molecule has 2 saturated heterocycles. The molecule has 260 valence electrons. The molecule has 1 aliphatic carbocycles. The van der Waals surface area contributed by atoms with E-state index in [1.807, 2.05) is 58.3 Å². The molecule has 2 aliphatic heterocycles. The van der Waals surface area contributed by atoms with Crippen LogP contribution in [0, 0.1) is 0 Å². The van der Waals surface area contributed by atoms with Crippen LogP contribution in [0.5, 0.6) is 0 Å². The molecule has 2 aromatic heterocycles. The lowest BCUT2D eigenvalue weighted by molar-refractivity contribution is -0.137. The van der Waals surface area contributed by atoms with Crippen LogP contribution in [0.2, 0.25) is 0 Å². The molecule has 15 heteroatoms. The van der Waals surface area contributed by atoms with Crippen molar-refractivity contribution in [3.8, 4) is 22.4 Å². The lowest BCUT2D eigenvalue weighted by Gasteiger charge is -2.31. The van der Waals surface area contributed by atoms with Crippen molar-refractivity contribution >= 4 is 29.6 Å². The molecule has 2 fully saturated rings. The summed E-state index contributed by atoms with van der Waals surface area (Å²) in [6.07, 6.45) is -4.61. The van der Waals surface area contributed by atoms with E-state index in [0.717, 1.165) is 34.5 Å². The second kappa shape index (κ2) is 14.3. The molecule has 0 bridgehead atoms. The van der Waals surface area contributed by atoms with Gasteiger partial charge in [0.15, 0.2) is 0 Å². The van der Waals surface area contributed by atoms with E-state index in [0.29, 0.717) is 58.4 Å². The van der Waals surface area contributed by atoms with Gasteiger partial charge in [-0.15, -0.1) is 0 Å². The summed E-state index contributed by atoms with van der Waals surface area (Å²) in [6.45, 7) is 3.36. The maximum Gasteiger partial charge on any atom is 0.417 e. The zero-order valence-electron chi connectivity index (χ0n) is 26.9. The molecule has 0 atom stereocenters. The quantitative estimate of drug-likeness (QED) is 0.268. The molecular weight excluding hydrogens is 655 g/mol. The van der Waals surface area contributed by atoms with Crippen molar-refractivity contribution in [3.63, 3.8) is 0 Å². The molecule has 0 spiro atoms. The predicted molar refractivity (Wildman–Crippen MR) is 178 cm³/mol. The first-order valence-corrected chi connectivity index (χ1v) is 16.3. The number of nitrogens with zero attached hydrogens (tertiary/aromatic N) is 5. The molecule has 3 aliphatic rings. The van der Waals surface area contributed by atoms with Gasteiger partial charge in [-0.05, 0) is 28.3 Å². The van der Waals surface area contributed by atoms with Gasteiger partial charge in [-0.25, -0.2) is 14.8 Å². The number of anilines is 3. The van der Waals surface area contributed by atoms with E-state index in [4.69, 9.17) is 14.2 Å². The number of morpholine rings is 2. The first-order valence-electron chi connectivity index (χ1n) is 16.3. The Morgan fingerprint density at radius 2 is 1.46 bits per heavy atom. The van der Waals surface area contributed by atoms with Crippen LogP contribution in [0.15, 0.2) is 66.9 Å². The summed E-state index contributed by atoms with van der Waals surface area (Å²) in [6, 6.07) is 18.0.